The zero-order valence-electron chi connectivity index (χ0n) is 13.0. The van der Waals surface area contributed by atoms with Gasteiger partial charge in [-0.2, -0.15) is 0 Å². The zero-order valence-corrected chi connectivity index (χ0v) is 13.0. The van der Waals surface area contributed by atoms with E-state index in [1.165, 1.54) is 31.2 Å². The minimum Gasteiger partial charge on any atom is -0.255 e. The molecule has 0 saturated heterocycles. The van der Waals surface area contributed by atoms with Gasteiger partial charge >= 0.3 is 0 Å². The molecule has 2 nitrogen and oxygen atoms in total. The van der Waals surface area contributed by atoms with Crippen molar-refractivity contribution < 1.29 is 0 Å². The smallest absolute Gasteiger partial charge is 0.0888 e. The fraction of sp³-hybridized carbons (Fsp3) is 0.474. The fourth-order valence-electron chi connectivity index (χ4n) is 3.65. The SMILES string of the molecule is CC1CC(c2ccnc(-c3ccccn3)c2)CC[C@@H](C)C1. The Kier molecular flexibility index (Phi) is 4.33. The van der Waals surface area contributed by atoms with E-state index in [-0.39, 0.29) is 0 Å². The van der Waals surface area contributed by atoms with E-state index in [2.05, 4.69) is 35.9 Å². The first-order chi connectivity index (χ1) is 10.2. The van der Waals surface area contributed by atoms with Crippen molar-refractivity contribution in [3.8, 4) is 11.4 Å². The molecule has 110 valence electrons. The van der Waals surface area contributed by atoms with Crippen molar-refractivity contribution in [2.45, 2.75) is 45.4 Å². The van der Waals surface area contributed by atoms with E-state index >= 15 is 0 Å². The van der Waals surface area contributed by atoms with Crippen LogP contribution in [0.4, 0.5) is 0 Å². The molecule has 21 heavy (non-hydrogen) atoms. The second-order valence-electron chi connectivity index (χ2n) is 6.65. The first-order valence-corrected chi connectivity index (χ1v) is 8.09. The average molecular weight is 280 g/mol. The van der Waals surface area contributed by atoms with E-state index in [0.29, 0.717) is 5.92 Å². The molecule has 2 heteroatoms. The van der Waals surface area contributed by atoms with Crippen molar-refractivity contribution in [3.05, 3.63) is 48.3 Å². The minimum atomic E-state index is 0.676. The van der Waals surface area contributed by atoms with Crippen LogP contribution in [0.15, 0.2) is 42.7 Å². The molecule has 2 unspecified atom stereocenters. The summed E-state index contributed by atoms with van der Waals surface area (Å²) in [5.41, 5.74) is 3.40. The van der Waals surface area contributed by atoms with E-state index in [0.717, 1.165) is 23.2 Å². The molecule has 2 aromatic rings. The van der Waals surface area contributed by atoms with E-state index in [1.54, 1.807) is 0 Å². The predicted molar refractivity (Wildman–Crippen MR) is 87.0 cm³/mol. The summed E-state index contributed by atoms with van der Waals surface area (Å²) >= 11 is 0. The summed E-state index contributed by atoms with van der Waals surface area (Å²) in [5, 5.41) is 0. The van der Waals surface area contributed by atoms with Gasteiger partial charge in [0.2, 0.25) is 0 Å². The lowest BCUT2D eigenvalue weighted by Crippen LogP contribution is -2.03. The van der Waals surface area contributed by atoms with Gasteiger partial charge in [0.25, 0.3) is 0 Å². The van der Waals surface area contributed by atoms with Gasteiger partial charge < -0.3 is 0 Å². The number of hydrogen-bond acceptors (Lipinski definition) is 2. The summed E-state index contributed by atoms with van der Waals surface area (Å²) in [4.78, 5) is 8.92. The summed E-state index contributed by atoms with van der Waals surface area (Å²) in [7, 11) is 0. The Morgan fingerprint density at radius 3 is 2.52 bits per heavy atom. The second-order valence-corrected chi connectivity index (χ2v) is 6.65. The maximum absolute atomic E-state index is 4.50. The van der Waals surface area contributed by atoms with Crippen molar-refractivity contribution in [1.29, 1.82) is 0 Å². The van der Waals surface area contributed by atoms with Gasteiger partial charge in [0, 0.05) is 12.4 Å². The highest BCUT2D eigenvalue weighted by Gasteiger charge is 2.22. The van der Waals surface area contributed by atoms with Crippen molar-refractivity contribution in [1.82, 2.24) is 9.97 Å². The molecule has 0 spiro atoms. The molecule has 1 aliphatic carbocycles. The normalized spacial score (nSPS) is 26.3. The predicted octanol–water partition coefficient (Wildman–Crippen LogP) is 5.07. The van der Waals surface area contributed by atoms with Crippen molar-refractivity contribution in [2.24, 2.45) is 11.8 Å². The van der Waals surface area contributed by atoms with Crippen LogP contribution in [-0.2, 0) is 0 Å². The maximum Gasteiger partial charge on any atom is 0.0888 e. The molecule has 0 N–H and O–H groups in total. The molecule has 0 aliphatic heterocycles. The third kappa shape index (κ3) is 3.49. The number of aromatic nitrogens is 2. The lowest BCUT2D eigenvalue weighted by Gasteiger charge is -2.18. The topological polar surface area (TPSA) is 25.8 Å². The van der Waals surface area contributed by atoms with Crippen LogP contribution < -0.4 is 0 Å². The molecule has 3 rings (SSSR count). The summed E-state index contributed by atoms with van der Waals surface area (Å²) in [6.07, 6.45) is 9.09. The Morgan fingerprint density at radius 1 is 0.857 bits per heavy atom. The lowest BCUT2D eigenvalue weighted by molar-refractivity contribution is 0.419. The van der Waals surface area contributed by atoms with Gasteiger partial charge in [-0.25, -0.2) is 0 Å². The highest BCUT2D eigenvalue weighted by Crippen LogP contribution is 2.37. The Morgan fingerprint density at radius 2 is 1.71 bits per heavy atom. The monoisotopic (exact) mass is 280 g/mol. The maximum atomic E-state index is 4.50. The van der Waals surface area contributed by atoms with E-state index < -0.39 is 0 Å². The highest BCUT2D eigenvalue weighted by atomic mass is 14.8. The number of pyridine rings is 2. The largest absolute Gasteiger partial charge is 0.255 e. The number of hydrogen-bond donors (Lipinski definition) is 0. The summed E-state index contributed by atoms with van der Waals surface area (Å²) < 4.78 is 0. The van der Waals surface area contributed by atoms with E-state index in [9.17, 15) is 0 Å². The van der Waals surface area contributed by atoms with Gasteiger partial charge in [0.05, 0.1) is 11.4 Å². The van der Waals surface area contributed by atoms with Gasteiger partial charge in [0.15, 0.2) is 0 Å². The third-order valence-corrected chi connectivity index (χ3v) is 4.68. The molecule has 3 atom stereocenters. The van der Waals surface area contributed by atoms with Crippen LogP contribution in [0.5, 0.6) is 0 Å². The molecule has 2 aromatic heterocycles. The summed E-state index contributed by atoms with van der Waals surface area (Å²) in [6.45, 7) is 4.79. The number of nitrogens with zero attached hydrogens (tertiary/aromatic N) is 2. The number of rotatable bonds is 2. The molecular weight excluding hydrogens is 256 g/mol. The summed E-state index contributed by atoms with van der Waals surface area (Å²) in [5.74, 6) is 2.36. The summed E-state index contributed by atoms with van der Waals surface area (Å²) in [6, 6.07) is 10.4. The van der Waals surface area contributed by atoms with E-state index in [4.69, 9.17) is 0 Å². The molecule has 0 amide bonds. The average Bonchev–Trinajstić information content (AvgIpc) is 2.69. The van der Waals surface area contributed by atoms with Gasteiger partial charge in [-0.05, 0) is 66.8 Å². The standard InChI is InChI=1S/C19H24N2/c1-14-6-7-16(12-15(2)11-14)17-8-10-21-19(13-17)18-5-3-4-9-20-18/h3-5,8-10,13-16H,6-7,11-12H2,1-2H3/t14-,15?,16?/m1/s1. The van der Waals surface area contributed by atoms with Crippen LogP contribution >= 0.6 is 0 Å². The van der Waals surface area contributed by atoms with Crippen LogP contribution in [0.25, 0.3) is 11.4 Å². The molecule has 1 saturated carbocycles. The second kappa shape index (κ2) is 6.38. The first kappa shape index (κ1) is 14.2. The molecule has 0 radical (unpaired) electrons. The van der Waals surface area contributed by atoms with Gasteiger partial charge in [-0.3, -0.25) is 9.97 Å². The molecular formula is C19H24N2. The molecule has 0 bridgehead atoms. The van der Waals surface area contributed by atoms with Crippen molar-refractivity contribution in [3.63, 3.8) is 0 Å². The van der Waals surface area contributed by atoms with Gasteiger partial charge in [-0.15, -0.1) is 0 Å². The minimum absolute atomic E-state index is 0.676. The van der Waals surface area contributed by atoms with Crippen LogP contribution in [0.2, 0.25) is 0 Å². The molecule has 0 aromatic carbocycles. The molecule has 2 heterocycles. The van der Waals surface area contributed by atoms with Gasteiger partial charge in [0.1, 0.15) is 0 Å². The Bertz CT molecular complexity index is 579. The fourth-order valence-corrected chi connectivity index (χ4v) is 3.65. The van der Waals surface area contributed by atoms with Crippen molar-refractivity contribution in [2.75, 3.05) is 0 Å². The Hall–Kier alpha value is -1.70. The first-order valence-electron chi connectivity index (χ1n) is 8.09. The Balaban J connectivity index is 1.86. The third-order valence-electron chi connectivity index (χ3n) is 4.68. The van der Waals surface area contributed by atoms with Crippen LogP contribution in [-0.4, -0.2) is 9.97 Å². The van der Waals surface area contributed by atoms with Crippen LogP contribution in [0.1, 0.15) is 51.0 Å². The van der Waals surface area contributed by atoms with E-state index in [1.807, 2.05) is 30.6 Å². The van der Waals surface area contributed by atoms with Crippen LogP contribution in [0, 0.1) is 11.8 Å². The van der Waals surface area contributed by atoms with Crippen molar-refractivity contribution >= 4 is 0 Å². The lowest BCUT2D eigenvalue weighted by atomic mass is 9.88. The highest BCUT2D eigenvalue weighted by molar-refractivity contribution is 5.54. The molecule has 1 aliphatic rings. The zero-order chi connectivity index (χ0) is 14.7. The Labute approximate surface area is 127 Å². The molecule has 1 fully saturated rings. The quantitative estimate of drug-likeness (QED) is 0.717. The van der Waals surface area contributed by atoms with Crippen LogP contribution in [0.3, 0.4) is 0 Å². The van der Waals surface area contributed by atoms with Gasteiger partial charge in [-0.1, -0.05) is 26.3 Å².